The topological polar surface area (TPSA) is 121 Å². The number of aliphatic imine (C=N–C) groups is 1. The van der Waals surface area contributed by atoms with Gasteiger partial charge in [-0.3, -0.25) is 10.2 Å². The van der Waals surface area contributed by atoms with Crippen LogP contribution < -0.4 is 9.47 Å². The number of methoxy groups -OCH3 is 1. The molecule has 1 amide bonds. The van der Waals surface area contributed by atoms with Crippen LogP contribution in [0.15, 0.2) is 61.9 Å². The van der Waals surface area contributed by atoms with E-state index in [0.29, 0.717) is 23.7 Å². The molecule has 4 rings (SSSR count). The molecule has 0 saturated carbocycles. The molecule has 0 unspecified atom stereocenters. The molecule has 0 fully saturated rings. The van der Waals surface area contributed by atoms with E-state index >= 15 is 0 Å². The number of halogens is 1. The average molecular weight is 549 g/mol. The summed E-state index contributed by atoms with van der Waals surface area (Å²) in [6, 6.07) is 12.8. The minimum absolute atomic E-state index is 0.0387. The standard InChI is InChI=1S/C21H17BrN4O5S2/c1-30-17-10-13(5-8-16(17)31-11-12-3-6-14(22)7-4-12)9-15-18(23)26-20(24-19(15)27)32-25-21(26)33(2,28)29/h3-10,23H,11H2,1-2H3/b15-9-,23-18?. The van der Waals surface area contributed by atoms with Crippen LogP contribution in [0.5, 0.6) is 11.5 Å². The first-order valence-electron chi connectivity index (χ1n) is 9.41. The lowest BCUT2D eigenvalue weighted by Crippen LogP contribution is -2.45. The number of fused-ring (bicyclic) bond motifs is 1. The van der Waals surface area contributed by atoms with Gasteiger partial charge in [-0.2, -0.15) is 9.39 Å². The molecule has 33 heavy (non-hydrogen) atoms. The molecule has 0 bridgehead atoms. The Morgan fingerprint density at radius 2 is 1.91 bits per heavy atom. The van der Waals surface area contributed by atoms with Crippen LogP contribution in [0.2, 0.25) is 0 Å². The summed E-state index contributed by atoms with van der Waals surface area (Å²) in [6.07, 6.45) is 2.44. The van der Waals surface area contributed by atoms with Crippen LogP contribution >= 0.6 is 27.9 Å². The lowest BCUT2D eigenvalue weighted by Gasteiger charge is -2.23. The van der Waals surface area contributed by atoms with E-state index in [1.54, 1.807) is 18.2 Å². The fourth-order valence-electron chi connectivity index (χ4n) is 3.04. The molecule has 2 aliphatic rings. The van der Waals surface area contributed by atoms with E-state index in [1.165, 1.54) is 13.2 Å². The highest BCUT2D eigenvalue weighted by Gasteiger charge is 2.41. The van der Waals surface area contributed by atoms with Gasteiger partial charge in [-0.15, -0.1) is 0 Å². The number of ether oxygens (including phenoxy) is 2. The van der Waals surface area contributed by atoms with Crippen LogP contribution in [0.3, 0.4) is 0 Å². The van der Waals surface area contributed by atoms with Crippen LogP contribution in [0.25, 0.3) is 6.08 Å². The van der Waals surface area contributed by atoms with Gasteiger partial charge in [0.15, 0.2) is 11.5 Å². The van der Waals surface area contributed by atoms with E-state index in [9.17, 15) is 13.2 Å². The summed E-state index contributed by atoms with van der Waals surface area (Å²) in [5.74, 6) is -0.0159. The Kier molecular flexibility index (Phi) is 6.41. The predicted molar refractivity (Wildman–Crippen MR) is 131 cm³/mol. The number of amides is 1. The minimum Gasteiger partial charge on any atom is -0.493 e. The Morgan fingerprint density at radius 1 is 1.18 bits per heavy atom. The van der Waals surface area contributed by atoms with Crippen molar-refractivity contribution in [1.29, 1.82) is 5.41 Å². The van der Waals surface area contributed by atoms with Crippen molar-refractivity contribution in [2.24, 2.45) is 9.39 Å². The molecule has 0 aromatic heterocycles. The zero-order chi connectivity index (χ0) is 23.8. The van der Waals surface area contributed by atoms with Crippen molar-refractivity contribution in [3.63, 3.8) is 0 Å². The SMILES string of the molecule is COc1cc(/C=C2/C(=N)N3C(=NC2=O)SN=C3S(C)(=O)=O)ccc1OCc1ccc(Br)cc1. The van der Waals surface area contributed by atoms with E-state index in [1.807, 2.05) is 24.3 Å². The molecule has 0 saturated heterocycles. The second-order valence-electron chi connectivity index (χ2n) is 7.00. The Bertz CT molecular complexity index is 1350. The van der Waals surface area contributed by atoms with Gasteiger partial charge in [-0.1, -0.05) is 34.1 Å². The van der Waals surface area contributed by atoms with Crippen molar-refractivity contribution in [3.05, 3.63) is 63.6 Å². The smallest absolute Gasteiger partial charge is 0.283 e. The number of nitrogens with one attached hydrogen (secondary N) is 1. The number of sulfone groups is 1. The fraction of sp³-hybridized carbons (Fsp3) is 0.143. The summed E-state index contributed by atoms with van der Waals surface area (Å²) >= 11 is 4.14. The molecule has 0 radical (unpaired) electrons. The largest absolute Gasteiger partial charge is 0.493 e. The van der Waals surface area contributed by atoms with Crippen LogP contribution in [-0.4, -0.2) is 48.8 Å². The highest BCUT2D eigenvalue weighted by Crippen LogP contribution is 2.32. The Morgan fingerprint density at radius 3 is 2.58 bits per heavy atom. The van der Waals surface area contributed by atoms with Crippen molar-refractivity contribution in [2.45, 2.75) is 6.61 Å². The number of carbonyl (C=O) groups is 1. The molecule has 2 aromatic rings. The number of amidine groups is 3. The van der Waals surface area contributed by atoms with Crippen molar-refractivity contribution >= 4 is 65.9 Å². The first-order valence-corrected chi connectivity index (χ1v) is 12.9. The summed E-state index contributed by atoms with van der Waals surface area (Å²) < 4.78 is 40.1. The lowest BCUT2D eigenvalue weighted by molar-refractivity contribution is -0.114. The van der Waals surface area contributed by atoms with Crippen LogP contribution in [-0.2, 0) is 21.2 Å². The third-order valence-electron chi connectivity index (χ3n) is 4.63. The Labute approximate surface area is 202 Å². The number of hydrogen-bond donors (Lipinski definition) is 1. The Hall–Kier alpha value is -2.96. The van der Waals surface area contributed by atoms with E-state index < -0.39 is 15.7 Å². The highest BCUT2D eigenvalue weighted by atomic mass is 79.9. The van der Waals surface area contributed by atoms with Crippen molar-refractivity contribution in [3.8, 4) is 11.5 Å². The zero-order valence-corrected chi connectivity index (χ0v) is 20.6. The molecule has 9 nitrogen and oxygen atoms in total. The van der Waals surface area contributed by atoms with Gasteiger partial charge in [0, 0.05) is 10.7 Å². The van der Waals surface area contributed by atoms with Gasteiger partial charge in [-0.25, -0.2) is 13.3 Å². The zero-order valence-electron chi connectivity index (χ0n) is 17.4. The van der Waals surface area contributed by atoms with Crippen LogP contribution in [0, 0.1) is 5.41 Å². The number of benzene rings is 2. The first-order chi connectivity index (χ1) is 15.7. The second kappa shape index (κ2) is 9.12. The van der Waals surface area contributed by atoms with Gasteiger partial charge in [0.05, 0.1) is 24.6 Å². The molecule has 0 aliphatic carbocycles. The first kappa shape index (κ1) is 23.2. The highest BCUT2D eigenvalue weighted by molar-refractivity contribution is 9.10. The summed E-state index contributed by atoms with van der Waals surface area (Å²) in [5.41, 5.74) is 1.47. The maximum Gasteiger partial charge on any atom is 0.283 e. The Balaban J connectivity index is 1.59. The number of nitrogens with zero attached hydrogens (tertiary/aromatic N) is 3. The average Bonchev–Trinajstić information content (AvgIpc) is 3.21. The number of hydrogen-bond acceptors (Lipinski definition) is 8. The third-order valence-corrected chi connectivity index (χ3v) is 6.91. The normalized spacial score (nSPS) is 17.1. The fourth-order valence-corrected chi connectivity index (χ4v) is 5.15. The quantitative estimate of drug-likeness (QED) is 0.446. The number of rotatable bonds is 5. The maximum absolute atomic E-state index is 12.5. The van der Waals surface area contributed by atoms with E-state index in [4.69, 9.17) is 14.9 Å². The molecule has 0 spiro atoms. The van der Waals surface area contributed by atoms with Gasteiger partial charge >= 0.3 is 0 Å². The molecule has 12 heteroatoms. The summed E-state index contributed by atoms with van der Waals surface area (Å²) in [5, 5.41) is 8.13. The molecular weight excluding hydrogens is 532 g/mol. The molecule has 0 atom stereocenters. The number of carbonyl (C=O) groups excluding carboxylic acids is 1. The third kappa shape index (κ3) is 4.87. The van der Waals surface area contributed by atoms with Gasteiger partial charge < -0.3 is 9.47 Å². The van der Waals surface area contributed by atoms with Gasteiger partial charge in [0.1, 0.15) is 12.4 Å². The summed E-state index contributed by atoms with van der Waals surface area (Å²) in [6.45, 7) is 0.338. The monoisotopic (exact) mass is 548 g/mol. The van der Waals surface area contributed by atoms with E-state index in [-0.39, 0.29) is 21.7 Å². The van der Waals surface area contributed by atoms with Gasteiger partial charge in [-0.05, 0) is 41.5 Å². The molecule has 1 N–H and O–H groups in total. The summed E-state index contributed by atoms with van der Waals surface area (Å²) in [7, 11) is -2.21. The van der Waals surface area contributed by atoms with E-state index in [2.05, 4.69) is 25.3 Å². The molecule has 2 aliphatic heterocycles. The summed E-state index contributed by atoms with van der Waals surface area (Å²) in [4.78, 5) is 17.5. The predicted octanol–water partition coefficient (Wildman–Crippen LogP) is 3.66. The molecule has 2 aromatic carbocycles. The van der Waals surface area contributed by atoms with E-state index in [0.717, 1.165) is 33.1 Å². The molecular formula is C21H17BrN4O5S2. The van der Waals surface area contributed by atoms with Gasteiger partial charge in [0.2, 0.25) is 20.2 Å². The van der Waals surface area contributed by atoms with Gasteiger partial charge in [0.25, 0.3) is 5.91 Å². The van der Waals surface area contributed by atoms with Crippen molar-refractivity contribution in [2.75, 3.05) is 13.4 Å². The van der Waals surface area contributed by atoms with Crippen LogP contribution in [0.1, 0.15) is 11.1 Å². The second-order valence-corrected chi connectivity index (χ2v) is 10.6. The molecule has 170 valence electrons. The van der Waals surface area contributed by atoms with Crippen molar-refractivity contribution in [1.82, 2.24) is 4.90 Å². The minimum atomic E-state index is -3.71. The van der Waals surface area contributed by atoms with Crippen molar-refractivity contribution < 1.29 is 22.7 Å². The van der Waals surface area contributed by atoms with Crippen LogP contribution in [0.4, 0.5) is 0 Å². The molecule has 2 heterocycles. The maximum atomic E-state index is 12.5. The lowest BCUT2D eigenvalue weighted by atomic mass is 10.1.